The van der Waals surface area contributed by atoms with Crippen molar-refractivity contribution < 1.29 is 4.42 Å². The van der Waals surface area contributed by atoms with E-state index in [1.54, 1.807) is 0 Å². The Bertz CT molecular complexity index is 536. The highest BCUT2D eigenvalue weighted by Crippen LogP contribution is 2.25. The van der Waals surface area contributed by atoms with Crippen LogP contribution in [0.15, 0.2) is 39.2 Å². The minimum Gasteiger partial charge on any atom is -0.465 e. The molecule has 18 heavy (non-hydrogen) atoms. The largest absolute Gasteiger partial charge is 0.465 e. The molecule has 0 fully saturated rings. The summed E-state index contributed by atoms with van der Waals surface area (Å²) in [6.45, 7) is 3.57. The van der Waals surface area contributed by atoms with E-state index in [0.717, 1.165) is 34.8 Å². The standard InChI is InChI=1S/C14H17BrN2O/c1-10-6-7-12(18-10)9-17(2)8-11-4-3-5-13(16)14(11)15/h3-7H,8-9,16H2,1-2H3. The van der Waals surface area contributed by atoms with Gasteiger partial charge in [-0.1, -0.05) is 12.1 Å². The van der Waals surface area contributed by atoms with Crippen molar-refractivity contribution in [1.82, 2.24) is 4.90 Å². The molecule has 0 atom stereocenters. The van der Waals surface area contributed by atoms with Gasteiger partial charge in [-0.05, 0) is 53.7 Å². The van der Waals surface area contributed by atoms with E-state index in [0.29, 0.717) is 0 Å². The summed E-state index contributed by atoms with van der Waals surface area (Å²) < 4.78 is 6.55. The molecule has 96 valence electrons. The van der Waals surface area contributed by atoms with E-state index in [9.17, 15) is 0 Å². The lowest BCUT2D eigenvalue weighted by Crippen LogP contribution is -2.17. The number of hydrogen-bond acceptors (Lipinski definition) is 3. The van der Waals surface area contributed by atoms with Crippen LogP contribution in [0.4, 0.5) is 5.69 Å². The molecule has 0 spiro atoms. The number of furan rings is 1. The molecule has 1 aromatic heterocycles. The molecule has 0 bridgehead atoms. The molecule has 0 aliphatic heterocycles. The van der Waals surface area contributed by atoms with Crippen LogP contribution in [0.3, 0.4) is 0 Å². The van der Waals surface area contributed by atoms with Crippen LogP contribution in [-0.4, -0.2) is 11.9 Å². The number of aryl methyl sites for hydroxylation is 1. The van der Waals surface area contributed by atoms with Gasteiger partial charge in [-0.2, -0.15) is 0 Å². The molecule has 0 saturated heterocycles. The first-order valence-corrected chi connectivity index (χ1v) is 6.62. The van der Waals surface area contributed by atoms with Gasteiger partial charge >= 0.3 is 0 Å². The summed E-state index contributed by atoms with van der Waals surface area (Å²) in [4.78, 5) is 2.19. The van der Waals surface area contributed by atoms with Crippen LogP contribution in [-0.2, 0) is 13.1 Å². The van der Waals surface area contributed by atoms with Gasteiger partial charge in [0.25, 0.3) is 0 Å². The number of rotatable bonds is 4. The molecular formula is C14H17BrN2O. The molecule has 0 aliphatic rings. The number of nitrogens with zero attached hydrogens (tertiary/aromatic N) is 1. The van der Waals surface area contributed by atoms with E-state index in [1.165, 1.54) is 5.56 Å². The fourth-order valence-electron chi connectivity index (χ4n) is 1.90. The van der Waals surface area contributed by atoms with Crippen molar-refractivity contribution in [2.24, 2.45) is 0 Å². The second-order valence-corrected chi connectivity index (χ2v) is 5.30. The van der Waals surface area contributed by atoms with E-state index < -0.39 is 0 Å². The molecule has 0 radical (unpaired) electrons. The summed E-state index contributed by atoms with van der Waals surface area (Å²) in [6.07, 6.45) is 0. The predicted octanol–water partition coefficient (Wildman–Crippen LogP) is 3.56. The predicted molar refractivity (Wildman–Crippen MR) is 77.2 cm³/mol. The SMILES string of the molecule is Cc1ccc(CN(C)Cc2cccc(N)c2Br)o1. The molecule has 0 amide bonds. The van der Waals surface area contributed by atoms with Gasteiger partial charge in [-0.3, -0.25) is 4.90 Å². The van der Waals surface area contributed by atoms with E-state index in [1.807, 2.05) is 31.2 Å². The van der Waals surface area contributed by atoms with Gasteiger partial charge < -0.3 is 10.2 Å². The van der Waals surface area contributed by atoms with Crippen molar-refractivity contribution >= 4 is 21.6 Å². The van der Waals surface area contributed by atoms with Gasteiger partial charge in [0.1, 0.15) is 11.5 Å². The highest BCUT2D eigenvalue weighted by Gasteiger charge is 2.08. The molecule has 2 aromatic rings. The first-order valence-electron chi connectivity index (χ1n) is 5.83. The van der Waals surface area contributed by atoms with Gasteiger partial charge in [0.05, 0.1) is 6.54 Å². The summed E-state index contributed by atoms with van der Waals surface area (Å²) in [5.41, 5.74) is 7.82. The zero-order valence-electron chi connectivity index (χ0n) is 10.6. The molecule has 0 unspecified atom stereocenters. The van der Waals surface area contributed by atoms with E-state index >= 15 is 0 Å². The first-order chi connectivity index (χ1) is 8.56. The number of halogens is 1. The van der Waals surface area contributed by atoms with Crippen LogP contribution in [0.2, 0.25) is 0 Å². The van der Waals surface area contributed by atoms with Crippen LogP contribution < -0.4 is 5.73 Å². The quantitative estimate of drug-likeness (QED) is 0.878. The maximum atomic E-state index is 5.87. The lowest BCUT2D eigenvalue weighted by atomic mass is 10.2. The van der Waals surface area contributed by atoms with Gasteiger partial charge in [0, 0.05) is 16.7 Å². The maximum absolute atomic E-state index is 5.87. The van der Waals surface area contributed by atoms with Crippen molar-refractivity contribution in [3.05, 3.63) is 51.9 Å². The minimum atomic E-state index is 0.773. The van der Waals surface area contributed by atoms with Crippen LogP contribution >= 0.6 is 15.9 Å². The Kier molecular flexibility index (Phi) is 4.09. The van der Waals surface area contributed by atoms with E-state index in [2.05, 4.69) is 33.9 Å². The van der Waals surface area contributed by atoms with E-state index in [4.69, 9.17) is 10.2 Å². The molecule has 3 nitrogen and oxygen atoms in total. The maximum Gasteiger partial charge on any atom is 0.118 e. The van der Waals surface area contributed by atoms with E-state index in [-0.39, 0.29) is 0 Å². The van der Waals surface area contributed by atoms with Gasteiger partial charge in [0.2, 0.25) is 0 Å². The molecule has 0 saturated carbocycles. The average molecular weight is 309 g/mol. The third kappa shape index (κ3) is 3.15. The lowest BCUT2D eigenvalue weighted by molar-refractivity contribution is 0.285. The molecule has 2 rings (SSSR count). The Morgan fingerprint density at radius 3 is 2.67 bits per heavy atom. The Hall–Kier alpha value is -1.26. The normalized spacial score (nSPS) is 11.1. The Morgan fingerprint density at radius 2 is 2.00 bits per heavy atom. The Morgan fingerprint density at radius 1 is 1.22 bits per heavy atom. The Balaban J connectivity index is 2.03. The fraction of sp³-hybridized carbons (Fsp3) is 0.286. The van der Waals surface area contributed by atoms with Crippen LogP contribution in [0.25, 0.3) is 0 Å². The second kappa shape index (κ2) is 5.59. The van der Waals surface area contributed by atoms with Crippen molar-refractivity contribution in [1.29, 1.82) is 0 Å². The number of nitrogens with two attached hydrogens (primary N) is 1. The lowest BCUT2D eigenvalue weighted by Gasteiger charge is -2.16. The molecule has 1 heterocycles. The van der Waals surface area contributed by atoms with Gasteiger partial charge in [-0.25, -0.2) is 0 Å². The number of hydrogen-bond donors (Lipinski definition) is 1. The molecule has 2 N–H and O–H groups in total. The monoisotopic (exact) mass is 308 g/mol. The summed E-state index contributed by atoms with van der Waals surface area (Å²) in [6, 6.07) is 9.94. The third-order valence-corrected chi connectivity index (χ3v) is 3.74. The summed E-state index contributed by atoms with van der Waals surface area (Å²) in [5, 5.41) is 0. The van der Waals surface area contributed by atoms with Crippen molar-refractivity contribution in [3.8, 4) is 0 Å². The zero-order chi connectivity index (χ0) is 13.1. The highest BCUT2D eigenvalue weighted by molar-refractivity contribution is 9.10. The minimum absolute atomic E-state index is 0.773. The van der Waals surface area contributed by atoms with Crippen molar-refractivity contribution in [2.45, 2.75) is 20.0 Å². The number of benzene rings is 1. The van der Waals surface area contributed by atoms with Gasteiger partial charge in [0.15, 0.2) is 0 Å². The van der Waals surface area contributed by atoms with Gasteiger partial charge in [-0.15, -0.1) is 0 Å². The Labute approximate surface area is 116 Å². The van der Waals surface area contributed by atoms with Crippen molar-refractivity contribution in [3.63, 3.8) is 0 Å². The zero-order valence-corrected chi connectivity index (χ0v) is 12.2. The fourth-order valence-corrected chi connectivity index (χ4v) is 2.29. The molecular weight excluding hydrogens is 292 g/mol. The van der Waals surface area contributed by atoms with Crippen LogP contribution in [0.1, 0.15) is 17.1 Å². The first kappa shape index (κ1) is 13.2. The average Bonchev–Trinajstić information content (AvgIpc) is 2.70. The van der Waals surface area contributed by atoms with Crippen LogP contribution in [0.5, 0.6) is 0 Å². The topological polar surface area (TPSA) is 42.4 Å². The summed E-state index contributed by atoms with van der Waals surface area (Å²) >= 11 is 3.52. The third-order valence-electron chi connectivity index (χ3n) is 2.77. The molecule has 1 aromatic carbocycles. The van der Waals surface area contributed by atoms with Crippen LogP contribution in [0, 0.1) is 6.92 Å². The number of anilines is 1. The number of nitrogen functional groups attached to an aromatic ring is 1. The van der Waals surface area contributed by atoms with Crippen molar-refractivity contribution in [2.75, 3.05) is 12.8 Å². The summed E-state index contributed by atoms with van der Waals surface area (Å²) in [5.74, 6) is 1.93. The molecule has 0 aliphatic carbocycles. The smallest absolute Gasteiger partial charge is 0.118 e. The summed E-state index contributed by atoms with van der Waals surface area (Å²) in [7, 11) is 2.06. The second-order valence-electron chi connectivity index (χ2n) is 4.50. The highest BCUT2D eigenvalue weighted by atomic mass is 79.9. The molecule has 4 heteroatoms.